The summed E-state index contributed by atoms with van der Waals surface area (Å²) in [5, 5.41) is 6.15. The first-order valence-electron chi connectivity index (χ1n) is 8.09. The van der Waals surface area contributed by atoms with E-state index in [0.29, 0.717) is 0 Å². The summed E-state index contributed by atoms with van der Waals surface area (Å²) in [6.45, 7) is 6.42. The number of benzene rings is 1. The third kappa shape index (κ3) is 2.62. The number of piperazine rings is 1. The number of nitrogens with zero attached hydrogens (tertiary/aromatic N) is 2. The van der Waals surface area contributed by atoms with Crippen LogP contribution in [0.3, 0.4) is 0 Å². The highest BCUT2D eigenvalue weighted by Gasteiger charge is 2.27. The molecule has 23 heavy (non-hydrogen) atoms. The Morgan fingerprint density at radius 1 is 1.35 bits per heavy atom. The van der Waals surface area contributed by atoms with Crippen LogP contribution in [-0.4, -0.2) is 44.1 Å². The molecule has 4 rings (SSSR count). The van der Waals surface area contributed by atoms with E-state index in [-0.39, 0.29) is 11.8 Å². The topological polar surface area (TPSA) is 49.7 Å². The minimum Gasteiger partial charge on any atom is -0.337 e. The normalized spacial score (nSPS) is 21.4. The third-order valence-electron chi connectivity index (χ3n) is 4.84. The zero-order chi connectivity index (χ0) is 16.0. The van der Waals surface area contributed by atoms with Crippen molar-refractivity contribution in [1.82, 2.24) is 4.98 Å². The predicted molar refractivity (Wildman–Crippen MR) is 93.4 cm³/mol. The molecule has 1 fully saturated rings. The van der Waals surface area contributed by atoms with Crippen LogP contribution < -0.4 is 15.1 Å². The van der Waals surface area contributed by atoms with Gasteiger partial charge < -0.3 is 15.1 Å². The number of nitrogens with one attached hydrogen (secondary N) is 2. The number of thiazole rings is 1. The lowest BCUT2D eigenvalue weighted by molar-refractivity contribution is -0.880. The highest BCUT2D eigenvalue weighted by atomic mass is 32.1. The standard InChI is InChI=1S/C17H20N4OS/c1-11-13-9-12(3-4-14(13)18-16(11)22)15-10-23-17(19-15)21-7-5-20(2)6-8-21/h3-4,9-11H,5-8H2,1-2H3,(H,18,22)/p+1/t11-/m0/s1. The Hall–Kier alpha value is -1.92. The molecule has 2 aliphatic rings. The molecular weight excluding hydrogens is 308 g/mol. The van der Waals surface area contributed by atoms with Crippen LogP contribution in [0.4, 0.5) is 10.8 Å². The van der Waals surface area contributed by atoms with Gasteiger partial charge in [-0.25, -0.2) is 4.98 Å². The number of fused-ring (bicyclic) bond motifs is 1. The second-order valence-electron chi connectivity index (χ2n) is 6.47. The van der Waals surface area contributed by atoms with Crippen LogP contribution >= 0.6 is 11.3 Å². The van der Waals surface area contributed by atoms with Gasteiger partial charge in [-0.3, -0.25) is 4.79 Å². The smallest absolute Gasteiger partial charge is 0.231 e. The van der Waals surface area contributed by atoms with E-state index in [0.717, 1.165) is 40.7 Å². The molecule has 0 spiro atoms. The van der Waals surface area contributed by atoms with E-state index in [2.05, 4.69) is 28.7 Å². The Morgan fingerprint density at radius 3 is 2.91 bits per heavy atom. The second-order valence-corrected chi connectivity index (χ2v) is 7.31. The lowest BCUT2D eigenvalue weighted by atomic mass is 10.00. The maximum Gasteiger partial charge on any atom is 0.231 e. The number of carbonyl (C=O) groups is 1. The summed E-state index contributed by atoms with van der Waals surface area (Å²) in [6, 6.07) is 6.14. The van der Waals surface area contributed by atoms with Crippen molar-refractivity contribution in [2.24, 2.45) is 0 Å². The van der Waals surface area contributed by atoms with E-state index < -0.39 is 0 Å². The molecule has 1 amide bonds. The number of hydrogen-bond acceptors (Lipinski definition) is 4. The summed E-state index contributed by atoms with van der Waals surface area (Å²) in [4.78, 5) is 20.6. The molecule has 1 saturated heterocycles. The van der Waals surface area contributed by atoms with E-state index in [1.54, 1.807) is 16.2 Å². The van der Waals surface area contributed by atoms with Gasteiger partial charge in [-0.1, -0.05) is 6.07 Å². The number of amides is 1. The first kappa shape index (κ1) is 14.7. The largest absolute Gasteiger partial charge is 0.337 e. The van der Waals surface area contributed by atoms with E-state index >= 15 is 0 Å². The molecule has 1 atom stereocenters. The highest BCUT2D eigenvalue weighted by Crippen LogP contribution is 2.36. The van der Waals surface area contributed by atoms with Gasteiger partial charge in [0.2, 0.25) is 5.91 Å². The Balaban J connectivity index is 1.59. The summed E-state index contributed by atoms with van der Waals surface area (Å²) in [5.41, 5.74) is 4.11. The van der Waals surface area contributed by atoms with Crippen molar-refractivity contribution in [3.63, 3.8) is 0 Å². The predicted octanol–water partition coefficient (Wildman–Crippen LogP) is 1.20. The fourth-order valence-electron chi connectivity index (χ4n) is 3.20. The molecule has 0 radical (unpaired) electrons. The van der Waals surface area contributed by atoms with Crippen LogP contribution in [0.25, 0.3) is 11.3 Å². The molecule has 1 aromatic carbocycles. The number of likely N-dealkylation sites (N-methyl/N-ethyl adjacent to an activating group) is 1. The molecule has 2 N–H and O–H groups in total. The van der Waals surface area contributed by atoms with E-state index in [1.807, 2.05) is 19.1 Å². The van der Waals surface area contributed by atoms with Crippen LogP contribution in [0.15, 0.2) is 23.6 Å². The molecule has 0 unspecified atom stereocenters. The summed E-state index contributed by atoms with van der Waals surface area (Å²) in [5.74, 6) is -0.000263. The molecule has 3 heterocycles. The molecule has 2 aromatic rings. The van der Waals surface area contributed by atoms with E-state index in [1.165, 1.54) is 13.1 Å². The average molecular weight is 329 g/mol. The first-order valence-corrected chi connectivity index (χ1v) is 8.97. The second kappa shape index (κ2) is 5.62. The quantitative estimate of drug-likeness (QED) is 0.870. The number of hydrogen-bond donors (Lipinski definition) is 2. The Bertz CT molecular complexity index is 749. The fourth-order valence-corrected chi connectivity index (χ4v) is 4.09. The van der Waals surface area contributed by atoms with Gasteiger partial charge in [0.1, 0.15) is 0 Å². The van der Waals surface area contributed by atoms with Crippen LogP contribution in [0, 0.1) is 0 Å². The van der Waals surface area contributed by atoms with Gasteiger partial charge in [0.25, 0.3) is 0 Å². The Labute approximate surface area is 139 Å². The van der Waals surface area contributed by atoms with Gasteiger partial charge >= 0.3 is 0 Å². The summed E-state index contributed by atoms with van der Waals surface area (Å²) >= 11 is 1.71. The van der Waals surface area contributed by atoms with Gasteiger partial charge in [-0.2, -0.15) is 0 Å². The van der Waals surface area contributed by atoms with Gasteiger partial charge in [-0.15, -0.1) is 11.3 Å². The highest BCUT2D eigenvalue weighted by molar-refractivity contribution is 7.14. The molecule has 2 aliphatic heterocycles. The van der Waals surface area contributed by atoms with E-state index in [9.17, 15) is 4.79 Å². The Morgan fingerprint density at radius 2 is 2.13 bits per heavy atom. The summed E-state index contributed by atoms with van der Waals surface area (Å²) < 4.78 is 0. The summed E-state index contributed by atoms with van der Waals surface area (Å²) in [7, 11) is 2.24. The SMILES string of the molecule is C[C@@H]1C(=O)Nc2ccc(-c3csc(N4CC[NH+](C)CC4)n3)cc21. The van der Waals surface area contributed by atoms with Crippen molar-refractivity contribution in [2.75, 3.05) is 43.4 Å². The number of aromatic nitrogens is 1. The van der Waals surface area contributed by atoms with Crippen molar-refractivity contribution in [3.05, 3.63) is 29.1 Å². The minimum absolute atomic E-state index is 0.0797. The van der Waals surface area contributed by atoms with Gasteiger partial charge in [-0.05, 0) is 24.6 Å². The van der Waals surface area contributed by atoms with Crippen LogP contribution in [0.5, 0.6) is 0 Å². The molecule has 1 aromatic heterocycles. The van der Waals surface area contributed by atoms with Crippen LogP contribution in [-0.2, 0) is 4.79 Å². The monoisotopic (exact) mass is 329 g/mol. The lowest BCUT2D eigenvalue weighted by Crippen LogP contribution is -3.12. The van der Waals surface area contributed by atoms with Gasteiger partial charge in [0, 0.05) is 16.6 Å². The number of carbonyl (C=O) groups excluding carboxylic acids is 1. The molecule has 0 saturated carbocycles. The maximum atomic E-state index is 11.8. The average Bonchev–Trinajstić information content (AvgIpc) is 3.14. The third-order valence-corrected chi connectivity index (χ3v) is 5.75. The van der Waals surface area contributed by atoms with Gasteiger partial charge in [0.05, 0.1) is 44.8 Å². The maximum absolute atomic E-state index is 11.8. The van der Waals surface area contributed by atoms with Gasteiger partial charge in [0.15, 0.2) is 5.13 Å². The fraction of sp³-hybridized carbons (Fsp3) is 0.412. The molecule has 5 nitrogen and oxygen atoms in total. The first-order chi connectivity index (χ1) is 11.1. The zero-order valence-electron chi connectivity index (χ0n) is 13.4. The van der Waals surface area contributed by atoms with Crippen molar-refractivity contribution >= 4 is 28.1 Å². The van der Waals surface area contributed by atoms with Crippen molar-refractivity contribution in [2.45, 2.75) is 12.8 Å². The zero-order valence-corrected chi connectivity index (χ0v) is 14.2. The lowest BCUT2D eigenvalue weighted by Gasteiger charge is -2.29. The molecular formula is C17H21N4OS+. The number of anilines is 2. The van der Waals surface area contributed by atoms with Crippen molar-refractivity contribution < 1.29 is 9.69 Å². The number of quaternary nitrogens is 1. The van der Waals surface area contributed by atoms with E-state index in [4.69, 9.17) is 4.98 Å². The molecule has 120 valence electrons. The Kier molecular flexibility index (Phi) is 3.58. The van der Waals surface area contributed by atoms with Crippen molar-refractivity contribution in [3.8, 4) is 11.3 Å². The molecule has 0 bridgehead atoms. The van der Waals surface area contributed by atoms with Crippen LogP contribution in [0.2, 0.25) is 0 Å². The number of rotatable bonds is 2. The minimum atomic E-state index is -0.0799. The molecule has 6 heteroatoms. The van der Waals surface area contributed by atoms with Crippen LogP contribution in [0.1, 0.15) is 18.4 Å². The molecule has 0 aliphatic carbocycles. The van der Waals surface area contributed by atoms with Crippen molar-refractivity contribution in [1.29, 1.82) is 0 Å². The summed E-state index contributed by atoms with van der Waals surface area (Å²) in [6.07, 6.45) is 0.